The first-order valence-corrected chi connectivity index (χ1v) is 6.30. The van der Waals surface area contributed by atoms with Crippen LogP contribution in [0.3, 0.4) is 0 Å². The van der Waals surface area contributed by atoms with E-state index in [4.69, 9.17) is 9.52 Å². The van der Waals surface area contributed by atoms with Crippen molar-refractivity contribution in [2.24, 2.45) is 0 Å². The second-order valence-electron chi connectivity index (χ2n) is 4.87. The summed E-state index contributed by atoms with van der Waals surface area (Å²) in [5.41, 5.74) is 0. The van der Waals surface area contributed by atoms with E-state index in [1.54, 1.807) is 11.0 Å². The first kappa shape index (κ1) is 13.6. The number of hydrogen-bond acceptors (Lipinski definition) is 4. The molecule has 1 saturated heterocycles. The molecule has 1 aromatic rings. The monoisotopic (exact) mass is 266 g/mol. The highest BCUT2D eigenvalue weighted by Gasteiger charge is 2.28. The number of piperidine rings is 1. The number of furan rings is 1. The third kappa shape index (κ3) is 2.96. The van der Waals surface area contributed by atoms with Crippen molar-refractivity contribution >= 4 is 17.8 Å². The largest absolute Gasteiger partial charge is 0.475 e. The standard InChI is InChI=1S/C13H18N2O4/c1-9(16)15(10-5-7-14(2)8-6-10)12-4-3-11(19-12)13(17)18/h3-4,10H,5-8H2,1-2H3,(H,17,18). The maximum absolute atomic E-state index is 11.8. The van der Waals surface area contributed by atoms with Crippen molar-refractivity contribution in [3.63, 3.8) is 0 Å². The van der Waals surface area contributed by atoms with Gasteiger partial charge in [0.05, 0.1) is 0 Å². The Morgan fingerprint density at radius 2 is 2.00 bits per heavy atom. The van der Waals surface area contributed by atoms with E-state index in [9.17, 15) is 9.59 Å². The van der Waals surface area contributed by atoms with Crippen LogP contribution in [0, 0.1) is 0 Å². The molecule has 0 unspecified atom stereocenters. The molecule has 1 fully saturated rings. The van der Waals surface area contributed by atoms with Crippen LogP contribution < -0.4 is 4.90 Å². The lowest BCUT2D eigenvalue weighted by atomic mass is 10.0. The van der Waals surface area contributed by atoms with E-state index >= 15 is 0 Å². The Hall–Kier alpha value is -1.82. The number of likely N-dealkylation sites (tertiary alicyclic amines) is 1. The van der Waals surface area contributed by atoms with Gasteiger partial charge in [0.1, 0.15) is 0 Å². The lowest BCUT2D eigenvalue weighted by Crippen LogP contribution is -2.45. The first-order chi connectivity index (χ1) is 8.99. The Bertz CT molecular complexity index is 475. The third-order valence-corrected chi connectivity index (χ3v) is 3.43. The molecule has 0 aliphatic carbocycles. The van der Waals surface area contributed by atoms with Gasteiger partial charge in [-0.1, -0.05) is 0 Å². The average molecular weight is 266 g/mol. The van der Waals surface area contributed by atoms with Gasteiger partial charge >= 0.3 is 5.97 Å². The van der Waals surface area contributed by atoms with Gasteiger partial charge in [-0.05, 0) is 39.0 Å². The van der Waals surface area contributed by atoms with Crippen molar-refractivity contribution in [2.75, 3.05) is 25.0 Å². The predicted molar refractivity (Wildman–Crippen MR) is 69.3 cm³/mol. The van der Waals surface area contributed by atoms with E-state index < -0.39 is 5.97 Å². The summed E-state index contributed by atoms with van der Waals surface area (Å²) >= 11 is 0. The maximum Gasteiger partial charge on any atom is 0.371 e. The van der Waals surface area contributed by atoms with E-state index in [-0.39, 0.29) is 17.7 Å². The van der Waals surface area contributed by atoms with Crippen molar-refractivity contribution in [3.8, 4) is 0 Å². The molecular formula is C13H18N2O4. The maximum atomic E-state index is 11.8. The normalized spacial score (nSPS) is 17.4. The molecule has 0 aromatic carbocycles. The van der Waals surface area contributed by atoms with Gasteiger partial charge in [-0.2, -0.15) is 0 Å². The van der Waals surface area contributed by atoms with Crippen LogP contribution in [0.5, 0.6) is 0 Å². The first-order valence-electron chi connectivity index (χ1n) is 6.30. The number of anilines is 1. The highest BCUT2D eigenvalue weighted by Crippen LogP contribution is 2.25. The molecule has 1 N–H and O–H groups in total. The van der Waals surface area contributed by atoms with Crippen LogP contribution >= 0.6 is 0 Å². The summed E-state index contributed by atoms with van der Waals surface area (Å²) in [7, 11) is 2.05. The highest BCUT2D eigenvalue weighted by molar-refractivity contribution is 5.92. The third-order valence-electron chi connectivity index (χ3n) is 3.43. The quantitative estimate of drug-likeness (QED) is 0.895. The minimum Gasteiger partial charge on any atom is -0.475 e. The number of amides is 1. The van der Waals surface area contributed by atoms with E-state index in [2.05, 4.69) is 4.90 Å². The van der Waals surface area contributed by atoms with Crippen LogP contribution in [0.1, 0.15) is 30.3 Å². The number of aromatic carboxylic acids is 1. The number of carbonyl (C=O) groups is 2. The zero-order valence-corrected chi connectivity index (χ0v) is 11.1. The molecule has 1 amide bonds. The molecular weight excluding hydrogens is 248 g/mol. The second-order valence-corrected chi connectivity index (χ2v) is 4.87. The van der Waals surface area contributed by atoms with Gasteiger partial charge < -0.3 is 14.4 Å². The molecule has 2 rings (SSSR count). The Kier molecular flexibility index (Phi) is 3.90. The molecule has 104 valence electrons. The fourth-order valence-electron chi connectivity index (χ4n) is 2.42. The molecule has 0 spiro atoms. The minimum atomic E-state index is -1.13. The molecule has 2 heterocycles. The number of rotatable bonds is 3. The van der Waals surface area contributed by atoms with E-state index in [1.165, 1.54) is 13.0 Å². The van der Waals surface area contributed by atoms with E-state index in [1.807, 2.05) is 7.05 Å². The van der Waals surface area contributed by atoms with E-state index in [0.717, 1.165) is 25.9 Å². The number of nitrogens with zero attached hydrogens (tertiary/aromatic N) is 2. The number of hydrogen-bond donors (Lipinski definition) is 1. The van der Waals surface area contributed by atoms with Gasteiger partial charge in [0.15, 0.2) is 0 Å². The highest BCUT2D eigenvalue weighted by atomic mass is 16.4. The molecule has 6 nitrogen and oxygen atoms in total. The van der Waals surface area contributed by atoms with Crippen LogP contribution in [-0.4, -0.2) is 48.1 Å². The fraction of sp³-hybridized carbons (Fsp3) is 0.538. The summed E-state index contributed by atoms with van der Waals surface area (Å²) in [4.78, 5) is 26.4. The van der Waals surface area contributed by atoms with Crippen LogP contribution in [0.2, 0.25) is 0 Å². The van der Waals surface area contributed by atoms with Gasteiger partial charge in [-0.15, -0.1) is 0 Å². The van der Waals surface area contributed by atoms with Gasteiger partial charge in [-0.3, -0.25) is 9.69 Å². The number of carboxylic acids is 1. The van der Waals surface area contributed by atoms with Gasteiger partial charge in [0, 0.05) is 19.0 Å². The Morgan fingerprint density at radius 3 is 2.47 bits per heavy atom. The average Bonchev–Trinajstić information content (AvgIpc) is 2.81. The zero-order chi connectivity index (χ0) is 14.0. The summed E-state index contributed by atoms with van der Waals surface area (Å²) in [5.74, 6) is -1.08. The molecule has 0 radical (unpaired) electrons. The van der Waals surface area contributed by atoms with Crippen LogP contribution in [0.4, 0.5) is 5.88 Å². The summed E-state index contributed by atoms with van der Waals surface area (Å²) in [6, 6.07) is 2.99. The lowest BCUT2D eigenvalue weighted by molar-refractivity contribution is -0.117. The Labute approximate surface area is 111 Å². The summed E-state index contributed by atoms with van der Waals surface area (Å²) in [6.07, 6.45) is 1.72. The van der Waals surface area contributed by atoms with Crippen molar-refractivity contribution < 1.29 is 19.1 Å². The van der Waals surface area contributed by atoms with E-state index in [0.29, 0.717) is 5.88 Å². The molecule has 6 heteroatoms. The van der Waals surface area contributed by atoms with Gasteiger partial charge in [-0.25, -0.2) is 4.79 Å². The molecule has 0 bridgehead atoms. The Balaban J connectivity index is 2.19. The van der Waals surface area contributed by atoms with Crippen molar-refractivity contribution in [2.45, 2.75) is 25.8 Å². The summed E-state index contributed by atoms with van der Waals surface area (Å²) < 4.78 is 5.24. The smallest absolute Gasteiger partial charge is 0.371 e. The predicted octanol–water partition coefficient (Wildman–Crippen LogP) is 1.42. The Morgan fingerprint density at radius 1 is 1.37 bits per heavy atom. The fourth-order valence-corrected chi connectivity index (χ4v) is 2.42. The van der Waals surface area contributed by atoms with Crippen molar-refractivity contribution in [1.29, 1.82) is 0 Å². The molecule has 0 saturated carbocycles. The number of carbonyl (C=O) groups excluding carboxylic acids is 1. The van der Waals surface area contributed by atoms with Crippen LogP contribution in [0.25, 0.3) is 0 Å². The van der Waals surface area contributed by atoms with Crippen LogP contribution in [0.15, 0.2) is 16.5 Å². The van der Waals surface area contributed by atoms with Gasteiger partial charge in [0.2, 0.25) is 17.6 Å². The lowest BCUT2D eigenvalue weighted by Gasteiger charge is -2.35. The minimum absolute atomic E-state index is 0.0708. The second kappa shape index (κ2) is 5.44. The van der Waals surface area contributed by atoms with Gasteiger partial charge in [0.25, 0.3) is 0 Å². The van der Waals surface area contributed by atoms with Crippen molar-refractivity contribution in [1.82, 2.24) is 4.90 Å². The molecule has 1 aliphatic rings. The van der Waals surface area contributed by atoms with Crippen LogP contribution in [-0.2, 0) is 4.79 Å². The summed E-state index contributed by atoms with van der Waals surface area (Å²) in [5, 5.41) is 8.86. The molecule has 19 heavy (non-hydrogen) atoms. The summed E-state index contributed by atoms with van der Waals surface area (Å²) in [6.45, 7) is 3.31. The topological polar surface area (TPSA) is 74.0 Å². The molecule has 1 aromatic heterocycles. The van der Waals surface area contributed by atoms with Crippen molar-refractivity contribution in [3.05, 3.63) is 17.9 Å². The SMILES string of the molecule is CC(=O)N(c1ccc(C(=O)O)o1)C1CCN(C)CC1. The number of carboxylic acid groups (broad SMARTS) is 1. The molecule has 0 atom stereocenters. The molecule has 1 aliphatic heterocycles. The zero-order valence-electron chi connectivity index (χ0n) is 11.1.